The van der Waals surface area contributed by atoms with Crippen molar-refractivity contribution in [2.24, 2.45) is 0 Å². The van der Waals surface area contributed by atoms with Gasteiger partial charge in [0.05, 0.1) is 32.5 Å². The predicted molar refractivity (Wildman–Crippen MR) is 147 cm³/mol. The smallest absolute Gasteiger partial charge is 0.197 e. The van der Waals surface area contributed by atoms with E-state index in [1.54, 1.807) is 12.1 Å². The molecule has 2 saturated heterocycles. The first-order valence-corrected chi connectivity index (χ1v) is 13.5. The van der Waals surface area contributed by atoms with E-state index in [-0.39, 0.29) is 39.2 Å². The zero-order valence-corrected chi connectivity index (χ0v) is 23.4. The van der Waals surface area contributed by atoms with Gasteiger partial charge in [-0.15, -0.1) is 0 Å². The summed E-state index contributed by atoms with van der Waals surface area (Å²) >= 11 is 0. The molecule has 14 nitrogen and oxygen atoms in total. The van der Waals surface area contributed by atoms with Gasteiger partial charge < -0.3 is 64.2 Å². The number of fused-ring (bicyclic) bond motifs is 1. The van der Waals surface area contributed by atoms with Crippen LogP contribution in [0.25, 0.3) is 22.3 Å². The molecule has 234 valence electrons. The normalized spacial score (nSPS) is 33.0. The highest BCUT2D eigenvalue weighted by atomic mass is 16.6. The molecule has 8 N–H and O–H groups in total. The van der Waals surface area contributed by atoms with Crippen LogP contribution in [-0.4, -0.2) is 111 Å². The number of aromatic hydroxyl groups is 1. The maximum Gasteiger partial charge on any atom is 0.197 e. The number of rotatable bonds is 6. The van der Waals surface area contributed by atoms with Crippen LogP contribution in [0.2, 0.25) is 0 Å². The number of ether oxygens (including phenoxy) is 4. The summed E-state index contributed by atoms with van der Waals surface area (Å²) in [6.45, 7) is 0.826. The summed E-state index contributed by atoms with van der Waals surface area (Å²) in [7, 11) is 2.68. The molecule has 2 fully saturated rings. The summed E-state index contributed by atoms with van der Waals surface area (Å²) in [5.41, 5.74) is -0.520. The average Bonchev–Trinajstić information content (AvgIpc) is 3.00. The van der Waals surface area contributed by atoms with Gasteiger partial charge >= 0.3 is 0 Å². The lowest BCUT2D eigenvalue weighted by atomic mass is 9.88. The molecule has 10 atom stereocenters. The Labute approximate surface area is 244 Å². The molecular weight excluding hydrogens is 572 g/mol. The lowest BCUT2D eigenvalue weighted by Crippen LogP contribution is -2.55. The Hall–Kier alpha value is -3.31. The Morgan fingerprint density at radius 3 is 2.14 bits per heavy atom. The van der Waals surface area contributed by atoms with Crippen LogP contribution >= 0.6 is 0 Å². The molecule has 0 aliphatic carbocycles. The van der Waals surface area contributed by atoms with Crippen molar-refractivity contribution in [3.8, 4) is 28.6 Å². The van der Waals surface area contributed by atoms with Gasteiger partial charge in [0.15, 0.2) is 5.43 Å². The SMILES string of the molecule is COc1ccc(-c2cc(=O)c3c(O)c(C4OC(CO)C(O)C(O)C4O)c(OC)cc3o2)c(C2OC(C)C(O)C(O)C2O)c1. The monoisotopic (exact) mass is 606 g/mol. The molecule has 14 heteroatoms. The summed E-state index contributed by atoms with van der Waals surface area (Å²) in [5, 5.41) is 83.1. The Morgan fingerprint density at radius 2 is 1.49 bits per heavy atom. The number of aliphatic hydroxyl groups excluding tert-OH is 7. The first-order valence-electron chi connectivity index (χ1n) is 13.5. The van der Waals surface area contributed by atoms with E-state index >= 15 is 0 Å². The van der Waals surface area contributed by atoms with E-state index in [1.807, 2.05) is 0 Å². The van der Waals surface area contributed by atoms with E-state index in [0.717, 1.165) is 6.07 Å². The molecule has 43 heavy (non-hydrogen) atoms. The molecule has 0 bridgehead atoms. The minimum Gasteiger partial charge on any atom is -0.506 e. The van der Waals surface area contributed by atoms with Crippen molar-refractivity contribution < 1.29 is 64.2 Å². The van der Waals surface area contributed by atoms with Crippen LogP contribution in [0.3, 0.4) is 0 Å². The summed E-state index contributed by atoms with van der Waals surface area (Å²) in [4.78, 5) is 13.5. The third kappa shape index (κ3) is 5.24. The molecule has 0 saturated carbocycles. The number of phenols is 1. The summed E-state index contributed by atoms with van der Waals surface area (Å²) < 4.78 is 28.2. The van der Waals surface area contributed by atoms with Crippen molar-refractivity contribution in [2.45, 2.75) is 68.0 Å². The van der Waals surface area contributed by atoms with Gasteiger partial charge in [-0.3, -0.25) is 4.79 Å². The molecular formula is C29H34O14. The number of methoxy groups -OCH3 is 2. The van der Waals surface area contributed by atoms with Gasteiger partial charge in [-0.1, -0.05) is 0 Å². The Balaban J connectivity index is 1.66. The summed E-state index contributed by atoms with van der Waals surface area (Å²) in [6.07, 6.45) is -14.4. The minimum absolute atomic E-state index is 0.0127. The van der Waals surface area contributed by atoms with Gasteiger partial charge in [-0.2, -0.15) is 0 Å². The van der Waals surface area contributed by atoms with Crippen molar-refractivity contribution in [3.63, 3.8) is 0 Å². The summed E-state index contributed by atoms with van der Waals surface area (Å²) in [6, 6.07) is 7.02. The molecule has 3 aromatic rings. The van der Waals surface area contributed by atoms with Gasteiger partial charge in [0, 0.05) is 17.7 Å². The van der Waals surface area contributed by atoms with Crippen molar-refractivity contribution in [1.29, 1.82) is 0 Å². The van der Waals surface area contributed by atoms with Crippen molar-refractivity contribution in [3.05, 3.63) is 51.7 Å². The molecule has 5 rings (SSSR count). The number of hydrogen-bond donors (Lipinski definition) is 8. The van der Waals surface area contributed by atoms with Crippen LogP contribution in [0.4, 0.5) is 0 Å². The highest BCUT2D eigenvalue weighted by Crippen LogP contribution is 2.46. The molecule has 1 aromatic heterocycles. The van der Waals surface area contributed by atoms with Gasteiger partial charge in [0.2, 0.25) is 0 Å². The van der Waals surface area contributed by atoms with Crippen LogP contribution in [-0.2, 0) is 9.47 Å². The predicted octanol–water partition coefficient (Wildman–Crippen LogP) is -0.760. The number of hydrogen-bond acceptors (Lipinski definition) is 14. The largest absolute Gasteiger partial charge is 0.506 e. The van der Waals surface area contributed by atoms with Crippen LogP contribution in [0.5, 0.6) is 17.2 Å². The first kappa shape index (κ1) is 31.1. The Kier molecular flexibility index (Phi) is 8.68. The molecule has 2 aromatic carbocycles. The molecule has 2 aliphatic heterocycles. The topological polar surface area (TPSA) is 229 Å². The van der Waals surface area contributed by atoms with E-state index in [2.05, 4.69) is 0 Å². The number of phenolic OH excluding ortho intramolecular Hbond substituents is 1. The second-order valence-electron chi connectivity index (χ2n) is 10.6. The molecule has 0 radical (unpaired) electrons. The molecule has 10 unspecified atom stereocenters. The van der Waals surface area contributed by atoms with Gasteiger partial charge in [0.25, 0.3) is 0 Å². The fourth-order valence-electron chi connectivity index (χ4n) is 5.65. The maximum absolute atomic E-state index is 13.5. The van der Waals surface area contributed by atoms with Crippen molar-refractivity contribution in [1.82, 2.24) is 0 Å². The van der Waals surface area contributed by atoms with Crippen LogP contribution in [0.1, 0.15) is 30.3 Å². The standard InChI is InChI=1S/C29H34O14/c1-10-21(32)24(35)26(37)28(41-10)13-6-11(39-2)4-5-12(13)15-7-14(31)19-17(42-15)8-16(40-3)20(23(19)34)29-27(38)25(36)22(33)18(9-30)43-29/h4-8,10,18,21-22,24-30,32-38H,9H2,1-3H3. The Bertz CT molecular complexity index is 1540. The number of benzene rings is 2. The minimum atomic E-state index is -1.76. The van der Waals surface area contributed by atoms with Gasteiger partial charge in [0.1, 0.15) is 88.9 Å². The highest BCUT2D eigenvalue weighted by Gasteiger charge is 2.47. The average molecular weight is 607 g/mol. The van der Waals surface area contributed by atoms with Gasteiger partial charge in [-0.05, 0) is 30.7 Å². The Morgan fingerprint density at radius 1 is 0.814 bits per heavy atom. The summed E-state index contributed by atoms with van der Waals surface area (Å²) in [5.74, 6) is -0.414. The van der Waals surface area contributed by atoms with Crippen LogP contribution in [0.15, 0.2) is 39.5 Å². The van der Waals surface area contributed by atoms with E-state index in [9.17, 15) is 45.6 Å². The number of aliphatic hydroxyl groups is 7. The molecule has 2 aliphatic rings. The lowest BCUT2D eigenvalue weighted by Gasteiger charge is -2.40. The first-order chi connectivity index (χ1) is 20.4. The fraction of sp³-hybridized carbons (Fsp3) is 0.483. The van der Waals surface area contributed by atoms with E-state index in [4.69, 9.17) is 23.4 Å². The maximum atomic E-state index is 13.5. The van der Waals surface area contributed by atoms with E-state index < -0.39 is 78.8 Å². The quantitative estimate of drug-likeness (QED) is 0.173. The second kappa shape index (κ2) is 12.0. The third-order valence-corrected chi connectivity index (χ3v) is 8.07. The lowest BCUT2D eigenvalue weighted by molar-refractivity contribution is -0.232. The zero-order chi connectivity index (χ0) is 31.3. The molecule has 3 heterocycles. The van der Waals surface area contributed by atoms with Crippen LogP contribution < -0.4 is 14.9 Å². The molecule has 0 spiro atoms. The second-order valence-corrected chi connectivity index (χ2v) is 10.6. The molecule has 0 amide bonds. The third-order valence-electron chi connectivity index (χ3n) is 8.07. The highest BCUT2D eigenvalue weighted by molar-refractivity contribution is 5.88. The van der Waals surface area contributed by atoms with Gasteiger partial charge in [-0.25, -0.2) is 0 Å². The van der Waals surface area contributed by atoms with E-state index in [0.29, 0.717) is 5.75 Å². The van der Waals surface area contributed by atoms with Crippen LogP contribution in [0, 0.1) is 0 Å². The zero-order valence-electron chi connectivity index (χ0n) is 23.4. The van der Waals surface area contributed by atoms with Crippen molar-refractivity contribution in [2.75, 3.05) is 20.8 Å². The van der Waals surface area contributed by atoms with E-state index in [1.165, 1.54) is 33.3 Å². The fourth-order valence-corrected chi connectivity index (χ4v) is 5.65. The van der Waals surface area contributed by atoms with Crippen molar-refractivity contribution >= 4 is 11.0 Å².